The Hall–Kier alpha value is -1.91. The van der Waals surface area contributed by atoms with E-state index in [1.165, 1.54) is 18.4 Å². The molecule has 3 rings (SSSR count). The Kier molecular flexibility index (Phi) is 5.34. The van der Waals surface area contributed by atoms with Gasteiger partial charge in [0.1, 0.15) is 4.88 Å². The van der Waals surface area contributed by atoms with Gasteiger partial charge in [0.05, 0.1) is 29.6 Å². The van der Waals surface area contributed by atoms with Gasteiger partial charge in [0.2, 0.25) is 0 Å². The fourth-order valence-electron chi connectivity index (χ4n) is 2.93. The summed E-state index contributed by atoms with van der Waals surface area (Å²) >= 11 is 1.18. The molecule has 0 bridgehead atoms. The summed E-state index contributed by atoms with van der Waals surface area (Å²) in [5, 5.41) is 0. The minimum atomic E-state index is -4.56. The molecule has 0 saturated carbocycles. The molecule has 0 aliphatic carbocycles. The normalized spacial score (nSPS) is 18.2. The predicted molar refractivity (Wildman–Crippen MR) is 104 cm³/mol. The van der Waals surface area contributed by atoms with Gasteiger partial charge in [0.25, 0.3) is 0 Å². The summed E-state index contributed by atoms with van der Waals surface area (Å²) in [5.41, 5.74) is -1.38. The van der Waals surface area contributed by atoms with Crippen molar-refractivity contribution in [2.75, 3.05) is 7.11 Å². The van der Waals surface area contributed by atoms with Gasteiger partial charge in [-0.25, -0.2) is 4.79 Å². The second kappa shape index (κ2) is 7.10. The maximum Gasteiger partial charge on any atom is 0.497 e. The zero-order chi connectivity index (χ0) is 21.8. The third kappa shape index (κ3) is 3.93. The van der Waals surface area contributed by atoms with Crippen molar-refractivity contribution >= 4 is 29.9 Å². The maximum absolute atomic E-state index is 13.3. The molecule has 29 heavy (non-hydrogen) atoms. The number of alkyl halides is 3. The summed E-state index contributed by atoms with van der Waals surface area (Å²) in [7, 11) is 0.231. The second-order valence-corrected chi connectivity index (χ2v) is 9.08. The van der Waals surface area contributed by atoms with E-state index >= 15 is 0 Å². The third-order valence-electron chi connectivity index (χ3n) is 5.31. The van der Waals surface area contributed by atoms with E-state index in [4.69, 9.17) is 14.0 Å². The number of aromatic nitrogens is 1. The number of hydrogen-bond donors (Lipinski definition) is 0. The number of methoxy groups -OCH3 is 1. The van der Waals surface area contributed by atoms with Crippen LogP contribution >= 0.6 is 11.3 Å². The molecule has 0 atom stereocenters. The van der Waals surface area contributed by atoms with E-state index in [1.54, 1.807) is 13.0 Å². The van der Waals surface area contributed by atoms with Crippen LogP contribution in [0.15, 0.2) is 18.3 Å². The Morgan fingerprint density at radius 3 is 2.28 bits per heavy atom. The van der Waals surface area contributed by atoms with E-state index in [0.717, 1.165) is 17.1 Å². The van der Waals surface area contributed by atoms with E-state index < -0.39 is 36.0 Å². The fraction of sp³-hybridized carbons (Fsp3) is 0.474. The highest BCUT2D eigenvalue weighted by atomic mass is 32.1. The van der Waals surface area contributed by atoms with Crippen LogP contribution in [0.5, 0.6) is 0 Å². The lowest BCUT2D eigenvalue weighted by Crippen LogP contribution is -2.41. The van der Waals surface area contributed by atoms with Gasteiger partial charge in [-0.05, 0) is 46.8 Å². The first kappa shape index (κ1) is 21.8. The summed E-state index contributed by atoms with van der Waals surface area (Å²) in [6, 6.07) is 2.57. The molecular weight excluding hydrogens is 406 g/mol. The summed E-state index contributed by atoms with van der Waals surface area (Å²) in [4.78, 5) is 17.0. The molecule has 0 N–H and O–H groups in total. The van der Waals surface area contributed by atoms with E-state index in [1.807, 2.05) is 27.7 Å². The zero-order valence-corrected chi connectivity index (χ0v) is 17.7. The number of thiophene rings is 1. The van der Waals surface area contributed by atoms with Gasteiger partial charge in [-0.1, -0.05) is 0 Å². The number of carbonyl (C=O) groups excluding carboxylic acids is 1. The Morgan fingerprint density at radius 1 is 1.17 bits per heavy atom. The summed E-state index contributed by atoms with van der Waals surface area (Å²) in [6.45, 7) is 9.04. The lowest BCUT2D eigenvalue weighted by molar-refractivity contribution is -0.137. The minimum Gasteiger partial charge on any atom is -0.465 e. The van der Waals surface area contributed by atoms with Crippen molar-refractivity contribution < 1.29 is 32.0 Å². The van der Waals surface area contributed by atoms with Gasteiger partial charge in [0.15, 0.2) is 0 Å². The predicted octanol–water partition coefficient (Wildman–Crippen LogP) is 4.22. The molecule has 1 fully saturated rings. The van der Waals surface area contributed by atoms with Crippen LogP contribution in [0.1, 0.15) is 47.8 Å². The van der Waals surface area contributed by atoms with Crippen molar-refractivity contribution in [3.05, 3.63) is 33.6 Å². The van der Waals surface area contributed by atoms with Gasteiger partial charge < -0.3 is 14.0 Å². The quantitative estimate of drug-likeness (QED) is 0.542. The smallest absolute Gasteiger partial charge is 0.465 e. The number of hydrogen-bond acceptors (Lipinski definition) is 6. The van der Waals surface area contributed by atoms with Gasteiger partial charge >= 0.3 is 19.3 Å². The highest BCUT2D eigenvalue weighted by Crippen LogP contribution is 2.39. The number of nitrogens with zero attached hydrogens (tertiary/aromatic N) is 1. The summed E-state index contributed by atoms with van der Waals surface area (Å²) in [5.74, 6) is -0.520. The highest BCUT2D eigenvalue weighted by Gasteiger charge is 2.53. The minimum absolute atomic E-state index is 0.163. The number of carbonyl (C=O) groups is 1. The van der Waals surface area contributed by atoms with Gasteiger partial charge in [-0.2, -0.15) is 13.2 Å². The lowest BCUT2D eigenvalue weighted by Gasteiger charge is -2.32. The van der Waals surface area contributed by atoms with Crippen molar-refractivity contribution in [3.8, 4) is 11.3 Å². The van der Waals surface area contributed by atoms with Crippen LogP contribution < -0.4 is 5.46 Å². The fourth-order valence-corrected chi connectivity index (χ4v) is 3.87. The number of aryl methyl sites for hydroxylation is 1. The Bertz CT molecular complexity index is 939. The van der Waals surface area contributed by atoms with Crippen molar-refractivity contribution in [1.29, 1.82) is 0 Å². The third-order valence-corrected chi connectivity index (χ3v) is 6.34. The molecule has 0 aromatic carbocycles. The number of esters is 1. The maximum atomic E-state index is 13.3. The summed E-state index contributed by atoms with van der Waals surface area (Å²) in [6.07, 6.45) is -3.79. The molecule has 156 valence electrons. The molecule has 1 saturated heterocycles. The van der Waals surface area contributed by atoms with Crippen molar-refractivity contribution in [3.63, 3.8) is 0 Å². The number of ether oxygens (including phenoxy) is 1. The zero-order valence-electron chi connectivity index (χ0n) is 16.9. The first-order valence-electron chi connectivity index (χ1n) is 8.89. The van der Waals surface area contributed by atoms with E-state index in [9.17, 15) is 18.0 Å². The average molecular weight is 427 g/mol. The molecular formula is C19H21BF3NO4S. The SMILES string of the molecule is COC(=O)c1cc(-c2ncc(C(F)(F)F)cc2B2OC(C)(C)C(C)(C)O2)c(C)s1. The molecule has 5 nitrogen and oxygen atoms in total. The van der Waals surface area contributed by atoms with E-state index in [0.29, 0.717) is 10.4 Å². The first-order valence-corrected chi connectivity index (χ1v) is 9.70. The average Bonchev–Trinajstić information content (AvgIpc) is 3.09. The lowest BCUT2D eigenvalue weighted by atomic mass is 9.76. The molecule has 0 radical (unpaired) electrons. The van der Waals surface area contributed by atoms with Crippen LogP contribution in [0.4, 0.5) is 13.2 Å². The Labute approximate surface area is 171 Å². The van der Waals surface area contributed by atoms with Crippen molar-refractivity contribution in [2.24, 2.45) is 0 Å². The summed E-state index contributed by atoms with van der Waals surface area (Å²) < 4.78 is 56.7. The van der Waals surface area contributed by atoms with Gasteiger partial charge in [-0.15, -0.1) is 11.3 Å². The molecule has 1 aliphatic rings. The molecule has 1 aliphatic heterocycles. The molecule has 0 unspecified atom stereocenters. The van der Waals surface area contributed by atoms with Crippen LogP contribution in [0.3, 0.4) is 0 Å². The van der Waals surface area contributed by atoms with Crippen molar-refractivity contribution in [1.82, 2.24) is 4.98 Å². The number of rotatable bonds is 3. The standard InChI is InChI=1S/C19H21BF3NO4S/c1-10-12(8-14(29-10)16(25)26-6)15-13(7-11(9-24-15)19(21,22)23)20-27-17(2,3)18(4,5)28-20/h7-9H,1-6H3. The Morgan fingerprint density at radius 2 is 1.76 bits per heavy atom. The van der Waals surface area contributed by atoms with Crippen LogP contribution in [-0.4, -0.2) is 36.4 Å². The molecule has 3 heterocycles. The number of halogens is 3. The van der Waals surface area contributed by atoms with Gasteiger partial charge in [-0.3, -0.25) is 4.98 Å². The van der Waals surface area contributed by atoms with E-state index in [2.05, 4.69) is 4.98 Å². The number of pyridine rings is 1. The van der Waals surface area contributed by atoms with Gasteiger partial charge in [0, 0.05) is 22.1 Å². The van der Waals surface area contributed by atoms with Crippen LogP contribution in [0.2, 0.25) is 0 Å². The van der Waals surface area contributed by atoms with E-state index in [-0.39, 0.29) is 11.2 Å². The molecule has 2 aromatic rings. The van der Waals surface area contributed by atoms with Crippen molar-refractivity contribution in [2.45, 2.75) is 52.0 Å². The largest absolute Gasteiger partial charge is 0.497 e. The Balaban J connectivity index is 2.16. The second-order valence-electron chi connectivity index (χ2n) is 7.82. The molecule has 0 amide bonds. The first-order chi connectivity index (χ1) is 13.3. The van der Waals surface area contributed by atoms with Crippen LogP contribution in [0, 0.1) is 6.92 Å². The highest BCUT2D eigenvalue weighted by molar-refractivity contribution is 7.14. The topological polar surface area (TPSA) is 57.7 Å². The monoisotopic (exact) mass is 427 g/mol. The molecule has 0 spiro atoms. The molecule has 2 aromatic heterocycles. The van der Waals surface area contributed by atoms with Crippen LogP contribution in [0.25, 0.3) is 11.3 Å². The van der Waals surface area contributed by atoms with Crippen LogP contribution in [-0.2, 0) is 20.2 Å². The molecule has 10 heteroatoms.